The summed E-state index contributed by atoms with van der Waals surface area (Å²) in [5.74, 6) is 0.400. The van der Waals surface area contributed by atoms with Crippen LogP contribution in [0.25, 0.3) is 0 Å². The molecular weight excluding hydrogens is 340 g/mol. The van der Waals surface area contributed by atoms with Gasteiger partial charge in [-0.3, -0.25) is 9.59 Å². The zero-order valence-corrected chi connectivity index (χ0v) is 15.9. The van der Waals surface area contributed by atoms with Gasteiger partial charge in [0.1, 0.15) is 5.76 Å². The first-order chi connectivity index (χ1) is 13.0. The topological polar surface area (TPSA) is 62.6 Å². The molecule has 1 aromatic heterocycles. The Morgan fingerprint density at radius 2 is 1.96 bits per heavy atom. The van der Waals surface area contributed by atoms with Crippen LogP contribution in [0, 0.1) is 0 Å². The third-order valence-corrected chi connectivity index (χ3v) is 5.88. The number of hydrogen-bond donors (Lipinski definition) is 1. The lowest BCUT2D eigenvalue weighted by Gasteiger charge is -2.49. The van der Waals surface area contributed by atoms with Crippen LogP contribution in [0.2, 0.25) is 0 Å². The van der Waals surface area contributed by atoms with Gasteiger partial charge >= 0.3 is 0 Å². The van der Waals surface area contributed by atoms with Crippen LogP contribution >= 0.6 is 0 Å². The van der Waals surface area contributed by atoms with Gasteiger partial charge in [0.15, 0.2) is 0 Å². The summed E-state index contributed by atoms with van der Waals surface area (Å²) >= 11 is 0. The monoisotopic (exact) mass is 366 g/mol. The predicted molar refractivity (Wildman–Crippen MR) is 102 cm³/mol. The molecule has 5 nitrogen and oxygen atoms in total. The van der Waals surface area contributed by atoms with Gasteiger partial charge in [-0.2, -0.15) is 0 Å². The highest BCUT2D eigenvalue weighted by atomic mass is 16.3. The summed E-state index contributed by atoms with van der Waals surface area (Å²) in [6.07, 6.45) is 5.35. The molecule has 0 radical (unpaired) electrons. The Morgan fingerprint density at radius 1 is 1.22 bits per heavy atom. The number of amides is 2. The van der Waals surface area contributed by atoms with Gasteiger partial charge in [-0.15, -0.1) is 0 Å². The summed E-state index contributed by atoms with van der Waals surface area (Å²) in [5, 5.41) is 3.10. The van der Waals surface area contributed by atoms with Crippen LogP contribution in [0.4, 0.5) is 0 Å². The smallest absolute Gasteiger partial charge is 0.255 e. The predicted octanol–water partition coefficient (Wildman–Crippen LogP) is 3.86. The van der Waals surface area contributed by atoms with Gasteiger partial charge in [0.25, 0.3) is 5.91 Å². The number of carbonyl (C=O) groups is 2. The second-order valence-electron chi connectivity index (χ2n) is 7.96. The van der Waals surface area contributed by atoms with Crippen LogP contribution < -0.4 is 5.32 Å². The molecule has 142 valence electrons. The minimum Gasteiger partial charge on any atom is -0.467 e. The Balaban J connectivity index is 1.85. The summed E-state index contributed by atoms with van der Waals surface area (Å²) in [4.78, 5) is 28.7. The second-order valence-corrected chi connectivity index (χ2v) is 7.96. The Morgan fingerprint density at radius 3 is 2.63 bits per heavy atom. The van der Waals surface area contributed by atoms with Crippen molar-refractivity contribution in [2.24, 2.45) is 0 Å². The Hall–Kier alpha value is -2.56. The van der Waals surface area contributed by atoms with Crippen molar-refractivity contribution in [2.75, 3.05) is 0 Å². The van der Waals surface area contributed by atoms with Gasteiger partial charge in [-0.05, 0) is 50.5 Å². The molecule has 1 N–H and O–H groups in total. The van der Waals surface area contributed by atoms with Crippen molar-refractivity contribution in [3.05, 3.63) is 59.5 Å². The molecule has 1 aliphatic carbocycles. The number of fused-ring (bicyclic) bond motifs is 1. The maximum absolute atomic E-state index is 13.4. The second kappa shape index (κ2) is 6.87. The molecule has 0 saturated heterocycles. The van der Waals surface area contributed by atoms with Crippen LogP contribution in [0.3, 0.4) is 0 Å². The Kier molecular flexibility index (Phi) is 4.54. The van der Waals surface area contributed by atoms with Crippen molar-refractivity contribution in [2.45, 2.75) is 63.6 Å². The molecule has 1 fully saturated rings. The van der Waals surface area contributed by atoms with Crippen LogP contribution in [0.5, 0.6) is 0 Å². The molecule has 5 heteroatoms. The minimum absolute atomic E-state index is 0.00232. The normalized spacial score (nSPS) is 20.9. The van der Waals surface area contributed by atoms with E-state index in [0.29, 0.717) is 12.1 Å². The molecule has 0 unspecified atom stereocenters. The van der Waals surface area contributed by atoms with E-state index in [2.05, 4.69) is 5.32 Å². The largest absolute Gasteiger partial charge is 0.467 e. The third kappa shape index (κ3) is 2.95. The Labute approximate surface area is 159 Å². The Bertz CT molecular complexity index is 835. The number of nitrogens with one attached hydrogen (secondary N) is 1. The van der Waals surface area contributed by atoms with E-state index in [1.54, 1.807) is 6.26 Å². The first kappa shape index (κ1) is 17.8. The molecule has 2 aromatic rings. The summed E-state index contributed by atoms with van der Waals surface area (Å²) in [6.45, 7) is 4.34. The van der Waals surface area contributed by atoms with E-state index in [1.165, 1.54) is 0 Å². The summed E-state index contributed by atoms with van der Waals surface area (Å²) in [5.41, 5.74) is 1.00. The maximum Gasteiger partial charge on any atom is 0.255 e. The molecule has 27 heavy (non-hydrogen) atoms. The SMILES string of the molecule is CC(C)NC(=O)[C@H]1c2ccccc2C(=O)N(Cc2ccco2)C12CCCC2. The molecule has 1 aliphatic heterocycles. The molecule has 1 atom stereocenters. The molecule has 2 aliphatic rings. The quantitative estimate of drug-likeness (QED) is 0.894. The number of benzene rings is 1. The number of furan rings is 1. The van der Waals surface area contributed by atoms with E-state index >= 15 is 0 Å². The molecule has 1 spiro atoms. The third-order valence-electron chi connectivity index (χ3n) is 5.88. The molecular formula is C22H26N2O3. The van der Waals surface area contributed by atoms with E-state index in [4.69, 9.17) is 4.42 Å². The number of rotatable bonds is 4. The molecule has 2 heterocycles. The van der Waals surface area contributed by atoms with E-state index in [9.17, 15) is 9.59 Å². The van der Waals surface area contributed by atoms with Gasteiger partial charge in [0.2, 0.25) is 5.91 Å². The van der Waals surface area contributed by atoms with Gasteiger partial charge in [0.05, 0.1) is 24.3 Å². The van der Waals surface area contributed by atoms with Gasteiger partial charge < -0.3 is 14.6 Å². The highest BCUT2D eigenvalue weighted by Crippen LogP contribution is 2.50. The van der Waals surface area contributed by atoms with E-state index in [0.717, 1.165) is 37.0 Å². The zero-order valence-electron chi connectivity index (χ0n) is 15.9. The number of carbonyl (C=O) groups excluding carboxylic acids is 2. The van der Waals surface area contributed by atoms with E-state index in [-0.39, 0.29) is 23.8 Å². The van der Waals surface area contributed by atoms with Crippen molar-refractivity contribution in [1.29, 1.82) is 0 Å². The van der Waals surface area contributed by atoms with Crippen molar-refractivity contribution >= 4 is 11.8 Å². The standard InChI is InChI=1S/C22H26N2O3/c1-15(2)23-20(25)19-17-9-3-4-10-18(17)21(26)24(14-16-8-7-13-27-16)22(19)11-5-6-12-22/h3-4,7-10,13,15,19H,5-6,11-12,14H2,1-2H3,(H,23,25)/t19-/m1/s1. The van der Waals surface area contributed by atoms with Crippen molar-refractivity contribution < 1.29 is 14.0 Å². The lowest BCUT2D eigenvalue weighted by atomic mass is 9.71. The number of nitrogens with zero attached hydrogens (tertiary/aromatic N) is 1. The maximum atomic E-state index is 13.4. The van der Waals surface area contributed by atoms with E-state index < -0.39 is 5.54 Å². The van der Waals surface area contributed by atoms with Crippen LogP contribution in [0.1, 0.15) is 67.1 Å². The van der Waals surface area contributed by atoms with Crippen LogP contribution in [-0.4, -0.2) is 28.3 Å². The van der Waals surface area contributed by atoms with Gasteiger partial charge in [0, 0.05) is 11.6 Å². The highest BCUT2D eigenvalue weighted by Gasteiger charge is 2.55. The van der Waals surface area contributed by atoms with Crippen LogP contribution in [-0.2, 0) is 11.3 Å². The lowest BCUT2D eigenvalue weighted by molar-refractivity contribution is -0.127. The molecule has 1 aromatic carbocycles. The average molecular weight is 366 g/mol. The van der Waals surface area contributed by atoms with Crippen molar-refractivity contribution in [1.82, 2.24) is 10.2 Å². The van der Waals surface area contributed by atoms with Gasteiger partial charge in [-0.1, -0.05) is 31.0 Å². The highest BCUT2D eigenvalue weighted by molar-refractivity contribution is 6.02. The van der Waals surface area contributed by atoms with E-state index in [1.807, 2.05) is 55.1 Å². The first-order valence-electron chi connectivity index (χ1n) is 9.76. The minimum atomic E-state index is -0.489. The van der Waals surface area contributed by atoms with Crippen molar-refractivity contribution in [3.63, 3.8) is 0 Å². The zero-order chi connectivity index (χ0) is 19.0. The fourth-order valence-corrected chi connectivity index (χ4v) is 4.82. The summed E-state index contributed by atoms with van der Waals surface area (Å²) < 4.78 is 5.54. The van der Waals surface area contributed by atoms with Gasteiger partial charge in [-0.25, -0.2) is 0 Å². The first-order valence-corrected chi connectivity index (χ1v) is 9.76. The number of hydrogen-bond acceptors (Lipinski definition) is 3. The average Bonchev–Trinajstić information content (AvgIpc) is 3.31. The molecule has 1 saturated carbocycles. The van der Waals surface area contributed by atoms with Crippen LogP contribution in [0.15, 0.2) is 47.1 Å². The summed E-state index contributed by atoms with van der Waals surface area (Å²) in [7, 11) is 0. The fourth-order valence-electron chi connectivity index (χ4n) is 4.82. The molecule has 0 bridgehead atoms. The lowest BCUT2D eigenvalue weighted by Crippen LogP contribution is -2.60. The van der Waals surface area contributed by atoms with Crippen molar-refractivity contribution in [3.8, 4) is 0 Å². The fraction of sp³-hybridized carbons (Fsp3) is 0.455. The molecule has 4 rings (SSSR count). The summed E-state index contributed by atoms with van der Waals surface area (Å²) in [6, 6.07) is 11.4. The molecule has 2 amide bonds.